The van der Waals surface area contributed by atoms with Gasteiger partial charge in [-0.25, -0.2) is 4.79 Å². The fraction of sp³-hybridized carbons (Fsp3) is 0.500. The van der Waals surface area contributed by atoms with Crippen molar-refractivity contribution in [3.8, 4) is 11.5 Å². The minimum Gasteiger partial charge on any atom is -0.494 e. The summed E-state index contributed by atoms with van der Waals surface area (Å²) >= 11 is 12.0. The van der Waals surface area contributed by atoms with Gasteiger partial charge in [-0.05, 0) is 75.9 Å². The molecular weight excluding hydrogens is 529 g/mol. The van der Waals surface area contributed by atoms with Gasteiger partial charge in [0.05, 0.1) is 22.3 Å². The van der Waals surface area contributed by atoms with Crippen LogP contribution in [-0.2, 0) is 11.3 Å². The Morgan fingerprint density at radius 3 is 2.39 bits per heavy atom. The second-order valence-electron chi connectivity index (χ2n) is 10.6. The van der Waals surface area contributed by atoms with Crippen molar-refractivity contribution >= 4 is 35.1 Å². The Bertz CT molecular complexity index is 1140. The van der Waals surface area contributed by atoms with E-state index in [4.69, 9.17) is 32.7 Å². The third-order valence-electron chi connectivity index (χ3n) is 6.98. The van der Waals surface area contributed by atoms with E-state index in [1.54, 1.807) is 32.0 Å². The van der Waals surface area contributed by atoms with Crippen LogP contribution in [0.15, 0.2) is 42.5 Å². The number of benzene rings is 2. The monoisotopic (exact) mass is 563 g/mol. The summed E-state index contributed by atoms with van der Waals surface area (Å²) in [6.07, 6.45) is 2.71. The van der Waals surface area contributed by atoms with Crippen LogP contribution in [-0.4, -0.2) is 70.8 Å². The average Bonchev–Trinajstić information content (AvgIpc) is 2.98. The van der Waals surface area contributed by atoms with Gasteiger partial charge in [0.25, 0.3) is 5.91 Å². The van der Waals surface area contributed by atoms with E-state index in [0.717, 1.165) is 37.4 Å². The van der Waals surface area contributed by atoms with E-state index in [0.29, 0.717) is 48.2 Å². The van der Waals surface area contributed by atoms with Gasteiger partial charge in [-0.1, -0.05) is 35.3 Å². The third-order valence-corrected chi connectivity index (χ3v) is 7.72. The van der Waals surface area contributed by atoms with E-state index in [2.05, 4.69) is 10.2 Å². The van der Waals surface area contributed by atoms with Gasteiger partial charge in [0.1, 0.15) is 23.6 Å². The number of nitrogens with zero attached hydrogens (tertiary/aromatic N) is 2. The molecular formula is C28H35Cl2N3O5. The Balaban J connectivity index is 1.19. The fourth-order valence-electron chi connectivity index (χ4n) is 4.70. The topological polar surface area (TPSA) is 91.3 Å². The number of carbonyl (C=O) groups is 2. The number of nitrogens with one attached hydrogen (secondary N) is 1. The number of likely N-dealkylation sites (tertiary alicyclic amines) is 1. The van der Waals surface area contributed by atoms with Crippen LogP contribution in [0.4, 0.5) is 4.79 Å². The molecule has 0 unspecified atom stereocenters. The number of imide groups is 1. The van der Waals surface area contributed by atoms with Crippen LogP contribution in [0, 0.1) is 0 Å². The molecule has 2 aromatic rings. The molecule has 2 saturated heterocycles. The summed E-state index contributed by atoms with van der Waals surface area (Å²) in [5.74, 6) is 1.13. The zero-order valence-electron chi connectivity index (χ0n) is 21.8. The normalized spacial score (nSPS) is 21.8. The van der Waals surface area contributed by atoms with Crippen molar-refractivity contribution in [2.45, 2.75) is 57.2 Å². The molecule has 38 heavy (non-hydrogen) atoms. The fourth-order valence-corrected chi connectivity index (χ4v) is 4.99. The first-order valence-electron chi connectivity index (χ1n) is 12.9. The maximum absolute atomic E-state index is 12.2. The van der Waals surface area contributed by atoms with Crippen molar-refractivity contribution < 1.29 is 24.2 Å². The number of amides is 3. The molecule has 2 heterocycles. The zero-order valence-corrected chi connectivity index (χ0v) is 23.4. The number of hydrogen-bond donors (Lipinski definition) is 2. The van der Waals surface area contributed by atoms with Gasteiger partial charge < -0.3 is 19.9 Å². The second kappa shape index (κ2) is 12.1. The van der Waals surface area contributed by atoms with Gasteiger partial charge in [0.2, 0.25) is 0 Å². The molecule has 206 valence electrons. The van der Waals surface area contributed by atoms with E-state index in [1.807, 2.05) is 24.3 Å². The smallest absolute Gasteiger partial charge is 0.325 e. The molecule has 0 bridgehead atoms. The highest BCUT2D eigenvalue weighted by molar-refractivity contribution is 6.42. The Morgan fingerprint density at radius 2 is 1.71 bits per heavy atom. The molecule has 2 N–H and O–H groups in total. The van der Waals surface area contributed by atoms with Crippen LogP contribution in [0.3, 0.4) is 0 Å². The number of halogens is 2. The Morgan fingerprint density at radius 1 is 0.974 bits per heavy atom. The zero-order chi connectivity index (χ0) is 27.3. The number of hydrogen-bond acceptors (Lipinski definition) is 6. The van der Waals surface area contributed by atoms with Gasteiger partial charge in [-0.2, -0.15) is 0 Å². The average molecular weight is 565 g/mol. The molecule has 4 rings (SSSR count). The molecule has 3 amide bonds. The highest BCUT2D eigenvalue weighted by Crippen LogP contribution is 2.29. The molecule has 1 atom stereocenters. The highest BCUT2D eigenvalue weighted by Gasteiger charge is 2.43. The molecule has 0 aliphatic carbocycles. The summed E-state index contributed by atoms with van der Waals surface area (Å²) in [4.78, 5) is 27.8. The van der Waals surface area contributed by atoms with E-state index in [1.165, 1.54) is 4.90 Å². The third kappa shape index (κ3) is 7.32. The van der Waals surface area contributed by atoms with Crippen LogP contribution in [0.1, 0.15) is 45.1 Å². The van der Waals surface area contributed by atoms with Crippen LogP contribution in [0.2, 0.25) is 10.0 Å². The molecule has 0 saturated carbocycles. The van der Waals surface area contributed by atoms with Crippen LogP contribution in [0.25, 0.3) is 0 Å². The standard InChI is InChI=1S/C28H35Cl2N3O5/c1-27(2)25(34)33(26(35)31-27)14-4-16-37-21-7-5-20(6-8-21)18-32-13-3-11-28(36,12-15-32)19-38-22-9-10-23(29)24(30)17-22/h5-10,17,36H,3-4,11-16,18-19H2,1-2H3,(H,31,35)/t28-/m0/s1. The quantitative estimate of drug-likeness (QED) is 0.316. The van der Waals surface area contributed by atoms with Gasteiger partial charge in [-0.15, -0.1) is 0 Å². The van der Waals surface area contributed by atoms with Crippen molar-refractivity contribution in [3.05, 3.63) is 58.1 Å². The molecule has 2 fully saturated rings. The van der Waals surface area contributed by atoms with E-state index in [9.17, 15) is 14.7 Å². The number of carbonyl (C=O) groups excluding carboxylic acids is 2. The first-order valence-corrected chi connectivity index (χ1v) is 13.7. The van der Waals surface area contributed by atoms with Gasteiger partial charge >= 0.3 is 6.03 Å². The molecule has 8 nitrogen and oxygen atoms in total. The molecule has 0 spiro atoms. The lowest BCUT2D eigenvalue weighted by Crippen LogP contribution is -2.40. The van der Waals surface area contributed by atoms with Gasteiger partial charge in [0, 0.05) is 25.7 Å². The van der Waals surface area contributed by atoms with E-state index >= 15 is 0 Å². The first-order chi connectivity index (χ1) is 18.0. The first kappa shape index (κ1) is 28.5. The van der Waals surface area contributed by atoms with Crippen molar-refractivity contribution in [1.29, 1.82) is 0 Å². The van der Waals surface area contributed by atoms with Crippen molar-refractivity contribution in [3.63, 3.8) is 0 Å². The number of aliphatic hydroxyl groups is 1. The molecule has 2 aromatic carbocycles. The SMILES string of the molecule is CC1(C)NC(=O)N(CCCOc2ccc(CN3CCC[C@@](O)(COc4ccc(Cl)c(Cl)c4)CC3)cc2)C1=O. The minimum absolute atomic E-state index is 0.208. The lowest BCUT2D eigenvalue weighted by atomic mass is 9.96. The predicted molar refractivity (Wildman–Crippen MR) is 147 cm³/mol. The molecule has 10 heteroatoms. The van der Waals surface area contributed by atoms with Gasteiger partial charge in [0.15, 0.2) is 0 Å². The number of urea groups is 1. The number of ether oxygens (including phenoxy) is 2. The Hall–Kier alpha value is -2.52. The van der Waals surface area contributed by atoms with Crippen LogP contribution in [0.5, 0.6) is 11.5 Å². The highest BCUT2D eigenvalue weighted by atomic mass is 35.5. The van der Waals surface area contributed by atoms with Crippen molar-refractivity contribution in [2.75, 3.05) is 32.8 Å². The van der Waals surface area contributed by atoms with Crippen LogP contribution < -0.4 is 14.8 Å². The molecule has 2 aliphatic rings. The summed E-state index contributed by atoms with van der Waals surface area (Å²) < 4.78 is 11.6. The van der Waals surface area contributed by atoms with Crippen molar-refractivity contribution in [2.24, 2.45) is 0 Å². The maximum atomic E-state index is 12.2. The van der Waals surface area contributed by atoms with Crippen molar-refractivity contribution in [1.82, 2.24) is 15.1 Å². The summed E-state index contributed by atoms with van der Waals surface area (Å²) in [7, 11) is 0. The minimum atomic E-state index is -0.894. The number of rotatable bonds is 10. The Kier molecular flexibility index (Phi) is 9.08. The summed E-state index contributed by atoms with van der Waals surface area (Å²) in [5.41, 5.74) is -0.578. The molecule has 2 aliphatic heterocycles. The second-order valence-corrected chi connectivity index (χ2v) is 11.4. The molecule has 0 aromatic heterocycles. The lowest BCUT2D eigenvalue weighted by Gasteiger charge is -2.27. The summed E-state index contributed by atoms with van der Waals surface area (Å²) in [5, 5.41) is 14.7. The lowest BCUT2D eigenvalue weighted by molar-refractivity contribution is -0.130. The predicted octanol–water partition coefficient (Wildman–Crippen LogP) is 4.89. The Labute approximate surface area is 233 Å². The van der Waals surface area contributed by atoms with Crippen LogP contribution >= 0.6 is 23.2 Å². The maximum Gasteiger partial charge on any atom is 0.325 e. The largest absolute Gasteiger partial charge is 0.494 e. The van der Waals surface area contributed by atoms with Gasteiger partial charge in [-0.3, -0.25) is 14.6 Å². The molecule has 0 radical (unpaired) electrons. The summed E-state index contributed by atoms with van der Waals surface area (Å²) in [6.45, 7) is 6.78. The van der Waals surface area contributed by atoms with E-state index in [-0.39, 0.29) is 18.5 Å². The summed E-state index contributed by atoms with van der Waals surface area (Å²) in [6, 6.07) is 12.7. The van der Waals surface area contributed by atoms with E-state index < -0.39 is 11.1 Å².